The van der Waals surface area contributed by atoms with Crippen molar-refractivity contribution in [3.05, 3.63) is 66.6 Å². The third kappa shape index (κ3) is 5.77. The summed E-state index contributed by atoms with van der Waals surface area (Å²) in [4.78, 5) is 24.7. The van der Waals surface area contributed by atoms with Crippen molar-refractivity contribution in [3.8, 4) is 17.1 Å². The van der Waals surface area contributed by atoms with Gasteiger partial charge in [-0.15, -0.1) is 0 Å². The van der Waals surface area contributed by atoms with Gasteiger partial charge in [-0.1, -0.05) is 18.2 Å². The molecule has 0 spiro atoms. The normalized spacial score (nSPS) is 11.0. The number of benzene rings is 1. The molecule has 0 bridgehead atoms. The molecule has 0 saturated carbocycles. The first-order valence-electron chi connectivity index (χ1n) is 8.84. The Morgan fingerprint density at radius 2 is 1.96 bits per heavy atom. The summed E-state index contributed by atoms with van der Waals surface area (Å²) in [5, 5.41) is 2.62. The number of nitrogens with zero attached hydrogens (tertiary/aromatic N) is 3. The molecule has 28 heavy (non-hydrogen) atoms. The van der Waals surface area contributed by atoms with Crippen LogP contribution < -0.4 is 10.1 Å². The molecule has 0 radical (unpaired) electrons. The predicted molar refractivity (Wildman–Crippen MR) is 106 cm³/mol. The van der Waals surface area contributed by atoms with E-state index in [4.69, 9.17) is 9.47 Å². The van der Waals surface area contributed by atoms with Crippen LogP contribution in [0.1, 0.15) is 26.3 Å². The number of ether oxygens (including phenoxy) is 2. The van der Waals surface area contributed by atoms with Gasteiger partial charge in [0.15, 0.2) is 5.82 Å². The lowest BCUT2D eigenvalue weighted by molar-refractivity contribution is 0.0635. The Balaban J connectivity index is 1.70. The number of carbonyl (C=O) groups is 1. The van der Waals surface area contributed by atoms with Crippen LogP contribution in [-0.4, -0.2) is 26.6 Å². The van der Waals surface area contributed by atoms with Crippen LogP contribution in [0.4, 0.5) is 10.6 Å². The molecule has 2 aromatic heterocycles. The number of nitrogens with one attached hydrogen (secondary N) is 1. The van der Waals surface area contributed by atoms with Crippen LogP contribution >= 0.6 is 0 Å². The van der Waals surface area contributed by atoms with Gasteiger partial charge in [0.05, 0.1) is 0 Å². The fourth-order valence-electron chi connectivity index (χ4n) is 2.35. The standard InChI is InChI=1S/C21H22N4O3/c1-21(2,3)28-20(26)25-18-9-11-23-19(24-18)16-7-4-8-17(12-16)27-14-15-6-5-10-22-13-15/h4-13H,14H2,1-3H3,(H,23,24,25,26). The smallest absolute Gasteiger partial charge is 0.413 e. The van der Waals surface area contributed by atoms with Gasteiger partial charge in [-0.25, -0.2) is 14.8 Å². The van der Waals surface area contributed by atoms with Gasteiger partial charge in [0, 0.05) is 29.7 Å². The zero-order valence-corrected chi connectivity index (χ0v) is 16.0. The average Bonchev–Trinajstić information content (AvgIpc) is 2.66. The number of amides is 1. The van der Waals surface area contributed by atoms with Crippen molar-refractivity contribution >= 4 is 11.9 Å². The number of hydrogen-bond acceptors (Lipinski definition) is 6. The molecule has 0 fully saturated rings. The molecule has 0 unspecified atom stereocenters. The molecule has 0 atom stereocenters. The lowest BCUT2D eigenvalue weighted by Crippen LogP contribution is -2.27. The molecule has 1 aromatic carbocycles. The topological polar surface area (TPSA) is 86.2 Å². The van der Waals surface area contributed by atoms with Gasteiger partial charge in [-0.2, -0.15) is 0 Å². The summed E-state index contributed by atoms with van der Waals surface area (Å²) in [5.41, 5.74) is 1.17. The molecule has 7 nitrogen and oxygen atoms in total. The van der Waals surface area contributed by atoms with E-state index < -0.39 is 11.7 Å². The summed E-state index contributed by atoms with van der Waals surface area (Å²) < 4.78 is 11.1. The van der Waals surface area contributed by atoms with Gasteiger partial charge in [0.1, 0.15) is 23.8 Å². The molecular formula is C21H22N4O3. The van der Waals surface area contributed by atoms with Crippen molar-refractivity contribution < 1.29 is 14.3 Å². The van der Waals surface area contributed by atoms with Gasteiger partial charge in [-0.05, 0) is 45.0 Å². The predicted octanol–water partition coefficient (Wildman–Crippen LogP) is 4.46. The number of hydrogen-bond donors (Lipinski definition) is 1. The van der Waals surface area contributed by atoms with Gasteiger partial charge in [0.2, 0.25) is 0 Å². The fourth-order valence-corrected chi connectivity index (χ4v) is 2.35. The van der Waals surface area contributed by atoms with E-state index in [-0.39, 0.29) is 0 Å². The Kier molecular flexibility index (Phi) is 5.84. The first kappa shape index (κ1) is 19.3. The Bertz CT molecular complexity index is 940. The second-order valence-electron chi connectivity index (χ2n) is 7.07. The molecule has 1 amide bonds. The van der Waals surface area contributed by atoms with E-state index in [9.17, 15) is 4.79 Å². The maximum atomic E-state index is 11.9. The number of aromatic nitrogens is 3. The highest BCUT2D eigenvalue weighted by atomic mass is 16.6. The second kappa shape index (κ2) is 8.47. The molecule has 1 N–H and O–H groups in total. The van der Waals surface area contributed by atoms with Crippen LogP contribution in [0.3, 0.4) is 0 Å². The van der Waals surface area contributed by atoms with E-state index >= 15 is 0 Å². The molecule has 0 aliphatic carbocycles. The Labute approximate surface area is 163 Å². The van der Waals surface area contributed by atoms with E-state index in [0.717, 1.165) is 11.1 Å². The average molecular weight is 378 g/mol. The maximum absolute atomic E-state index is 11.9. The van der Waals surface area contributed by atoms with E-state index in [1.165, 1.54) is 0 Å². The lowest BCUT2D eigenvalue weighted by Gasteiger charge is -2.19. The minimum absolute atomic E-state index is 0.362. The quantitative estimate of drug-likeness (QED) is 0.705. The number of anilines is 1. The highest BCUT2D eigenvalue weighted by Crippen LogP contribution is 2.22. The van der Waals surface area contributed by atoms with Crippen molar-refractivity contribution in [2.24, 2.45) is 0 Å². The van der Waals surface area contributed by atoms with E-state index in [1.54, 1.807) is 45.4 Å². The molecule has 7 heteroatoms. The summed E-state index contributed by atoms with van der Waals surface area (Å²) in [6.45, 7) is 5.82. The monoisotopic (exact) mass is 378 g/mol. The third-order valence-corrected chi connectivity index (χ3v) is 3.51. The maximum Gasteiger partial charge on any atom is 0.413 e. The van der Waals surface area contributed by atoms with Gasteiger partial charge in [-0.3, -0.25) is 10.3 Å². The summed E-state index contributed by atoms with van der Waals surface area (Å²) in [5.74, 6) is 1.52. The van der Waals surface area contributed by atoms with Crippen LogP contribution in [-0.2, 0) is 11.3 Å². The molecule has 0 aliphatic heterocycles. The molecular weight excluding hydrogens is 356 g/mol. The molecule has 3 aromatic rings. The summed E-state index contributed by atoms with van der Waals surface area (Å²) >= 11 is 0. The fraction of sp³-hybridized carbons (Fsp3) is 0.238. The third-order valence-electron chi connectivity index (χ3n) is 3.51. The number of rotatable bonds is 5. The van der Waals surface area contributed by atoms with Crippen molar-refractivity contribution in [1.82, 2.24) is 15.0 Å². The van der Waals surface area contributed by atoms with Crippen LogP contribution in [0, 0.1) is 0 Å². The minimum Gasteiger partial charge on any atom is -0.489 e. The van der Waals surface area contributed by atoms with Crippen molar-refractivity contribution in [2.45, 2.75) is 33.0 Å². The van der Waals surface area contributed by atoms with Crippen LogP contribution in [0.25, 0.3) is 11.4 Å². The summed E-state index contributed by atoms with van der Waals surface area (Å²) in [7, 11) is 0. The van der Waals surface area contributed by atoms with Crippen molar-refractivity contribution in [3.63, 3.8) is 0 Å². The van der Waals surface area contributed by atoms with E-state index in [2.05, 4.69) is 20.3 Å². The van der Waals surface area contributed by atoms with Gasteiger partial charge < -0.3 is 9.47 Å². The van der Waals surface area contributed by atoms with Gasteiger partial charge in [0.25, 0.3) is 0 Å². The van der Waals surface area contributed by atoms with Crippen LogP contribution in [0.5, 0.6) is 5.75 Å². The molecule has 0 saturated heterocycles. The molecule has 2 heterocycles. The summed E-state index contributed by atoms with van der Waals surface area (Å²) in [6, 6.07) is 12.9. The van der Waals surface area contributed by atoms with E-state index in [1.807, 2.05) is 36.4 Å². The van der Waals surface area contributed by atoms with E-state index in [0.29, 0.717) is 24.0 Å². The largest absolute Gasteiger partial charge is 0.489 e. The van der Waals surface area contributed by atoms with Gasteiger partial charge >= 0.3 is 6.09 Å². The Hall–Kier alpha value is -3.48. The van der Waals surface area contributed by atoms with Crippen LogP contribution in [0.2, 0.25) is 0 Å². The Morgan fingerprint density at radius 1 is 1.11 bits per heavy atom. The molecule has 3 rings (SSSR count). The number of pyridine rings is 1. The second-order valence-corrected chi connectivity index (χ2v) is 7.07. The van der Waals surface area contributed by atoms with Crippen LogP contribution in [0.15, 0.2) is 61.1 Å². The lowest BCUT2D eigenvalue weighted by atomic mass is 10.2. The van der Waals surface area contributed by atoms with Crippen molar-refractivity contribution in [1.29, 1.82) is 0 Å². The first-order valence-corrected chi connectivity index (χ1v) is 8.84. The zero-order chi connectivity index (χ0) is 20.0. The number of carbonyl (C=O) groups excluding carboxylic acids is 1. The molecule has 0 aliphatic rings. The molecule has 144 valence electrons. The Morgan fingerprint density at radius 3 is 2.71 bits per heavy atom. The highest BCUT2D eigenvalue weighted by molar-refractivity contribution is 5.83. The van der Waals surface area contributed by atoms with Crippen molar-refractivity contribution in [2.75, 3.05) is 5.32 Å². The summed E-state index contributed by atoms with van der Waals surface area (Å²) in [6.07, 6.45) is 4.50. The minimum atomic E-state index is -0.583. The SMILES string of the molecule is CC(C)(C)OC(=O)Nc1ccnc(-c2cccc(OCc3cccnc3)c2)n1. The zero-order valence-electron chi connectivity index (χ0n) is 16.0. The highest BCUT2D eigenvalue weighted by Gasteiger charge is 2.16. The first-order chi connectivity index (χ1) is 13.4.